The van der Waals surface area contributed by atoms with Crippen molar-refractivity contribution in [2.75, 3.05) is 7.11 Å². The number of hydrogen-bond donors (Lipinski definition) is 0. The number of thiazole rings is 1. The van der Waals surface area contributed by atoms with Crippen LogP contribution in [0.4, 0.5) is 4.39 Å². The Bertz CT molecular complexity index is 1100. The van der Waals surface area contributed by atoms with Crippen LogP contribution in [0, 0.1) is 5.82 Å². The molecule has 4 aromatic rings. The Morgan fingerprint density at radius 3 is 2.29 bits per heavy atom. The van der Waals surface area contributed by atoms with Crippen molar-refractivity contribution in [3.63, 3.8) is 0 Å². The lowest BCUT2D eigenvalue weighted by Crippen LogP contribution is -1.95. The quantitative estimate of drug-likeness (QED) is 0.241. The molecular formula is C21H18FN3O2S4. The van der Waals surface area contributed by atoms with Crippen LogP contribution >= 0.6 is 46.2 Å². The zero-order chi connectivity index (χ0) is 21.5. The second kappa shape index (κ2) is 10.9. The molecule has 0 atom stereocenters. The highest BCUT2D eigenvalue weighted by Crippen LogP contribution is 2.32. The monoisotopic (exact) mass is 491 g/mol. The van der Waals surface area contributed by atoms with Crippen molar-refractivity contribution in [2.45, 2.75) is 26.8 Å². The van der Waals surface area contributed by atoms with Gasteiger partial charge in [-0.05, 0) is 42.0 Å². The second-order valence-corrected chi connectivity index (χ2v) is 10.6. The van der Waals surface area contributed by atoms with E-state index in [1.807, 2.05) is 17.5 Å². The lowest BCUT2D eigenvalue weighted by molar-refractivity contribution is 0.305. The summed E-state index contributed by atoms with van der Waals surface area (Å²) in [6.45, 7) is 0.367. The predicted octanol–water partition coefficient (Wildman–Crippen LogP) is 6.31. The molecule has 0 amide bonds. The van der Waals surface area contributed by atoms with Gasteiger partial charge in [0, 0.05) is 16.9 Å². The van der Waals surface area contributed by atoms with Crippen LogP contribution in [0.15, 0.2) is 62.6 Å². The fourth-order valence-corrected chi connectivity index (χ4v) is 6.15. The van der Waals surface area contributed by atoms with Crippen molar-refractivity contribution < 1.29 is 13.9 Å². The van der Waals surface area contributed by atoms with Crippen molar-refractivity contribution in [3.05, 3.63) is 76.0 Å². The van der Waals surface area contributed by atoms with E-state index in [1.165, 1.54) is 17.7 Å². The molecular weight excluding hydrogens is 474 g/mol. The third-order valence-electron chi connectivity index (χ3n) is 4.03. The molecule has 0 radical (unpaired) electrons. The topological polar surface area (TPSA) is 57.1 Å². The Labute approximate surface area is 196 Å². The van der Waals surface area contributed by atoms with Crippen LogP contribution in [0.1, 0.15) is 16.3 Å². The molecule has 0 fully saturated rings. The van der Waals surface area contributed by atoms with Crippen LogP contribution in [-0.4, -0.2) is 22.3 Å². The number of halogens is 1. The maximum atomic E-state index is 12.9. The van der Waals surface area contributed by atoms with E-state index < -0.39 is 0 Å². The molecule has 4 rings (SSSR count). The first-order valence-electron chi connectivity index (χ1n) is 9.21. The van der Waals surface area contributed by atoms with Crippen LogP contribution in [0.2, 0.25) is 0 Å². The zero-order valence-corrected chi connectivity index (χ0v) is 19.8. The fourth-order valence-electron chi connectivity index (χ4n) is 2.47. The summed E-state index contributed by atoms with van der Waals surface area (Å²) in [5.41, 5.74) is 2.20. The summed E-state index contributed by atoms with van der Waals surface area (Å²) in [7, 11) is 1.67. The number of thioether (sulfide) groups is 2. The van der Waals surface area contributed by atoms with Gasteiger partial charge in [-0.3, -0.25) is 0 Å². The highest BCUT2D eigenvalue weighted by molar-refractivity contribution is 8.02. The van der Waals surface area contributed by atoms with Gasteiger partial charge in [0.15, 0.2) is 8.68 Å². The number of benzene rings is 2. The molecule has 2 heterocycles. The van der Waals surface area contributed by atoms with Gasteiger partial charge in [0.05, 0.1) is 12.8 Å². The van der Waals surface area contributed by atoms with Gasteiger partial charge in [-0.25, -0.2) is 9.37 Å². The minimum Gasteiger partial charge on any atom is -0.497 e. The van der Waals surface area contributed by atoms with Gasteiger partial charge in [-0.15, -0.1) is 21.5 Å². The number of hydrogen-bond acceptors (Lipinski definition) is 9. The van der Waals surface area contributed by atoms with Gasteiger partial charge < -0.3 is 9.47 Å². The van der Waals surface area contributed by atoms with E-state index in [-0.39, 0.29) is 5.82 Å². The zero-order valence-electron chi connectivity index (χ0n) is 16.5. The van der Waals surface area contributed by atoms with Crippen LogP contribution < -0.4 is 9.47 Å². The van der Waals surface area contributed by atoms with Gasteiger partial charge >= 0.3 is 0 Å². The molecule has 2 aromatic carbocycles. The van der Waals surface area contributed by atoms with Gasteiger partial charge in [0.25, 0.3) is 0 Å². The van der Waals surface area contributed by atoms with E-state index in [0.29, 0.717) is 12.4 Å². The minimum absolute atomic E-state index is 0.278. The lowest BCUT2D eigenvalue weighted by atomic mass is 10.2. The van der Waals surface area contributed by atoms with Gasteiger partial charge in [0.1, 0.15) is 28.9 Å². The Kier molecular flexibility index (Phi) is 7.79. The summed E-state index contributed by atoms with van der Waals surface area (Å²) in [6.07, 6.45) is 0. The van der Waals surface area contributed by atoms with Crippen molar-refractivity contribution in [3.8, 4) is 11.5 Å². The van der Waals surface area contributed by atoms with Crippen molar-refractivity contribution in [1.82, 2.24) is 15.2 Å². The fraction of sp³-hybridized carbons (Fsp3) is 0.190. The Morgan fingerprint density at radius 1 is 0.903 bits per heavy atom. The van der Waals surface area contributed by atoms with E-state index in [4.69, 9.17) is 9.47 Å². The molecule has 31 heavy (non-hydrogen) atoms. The van der Waals surface area contributed by atoms with Crippen molar-refractivity contribution in [1.29, 1.82) is 0 Å². The first-order chi connectivity index (χ1) is 15.2. The number of nitrogens with zero attached hydrogens (tertiary/aromatic N) is 3. The molecule has 10 heteroatoms. The Morgan fingerprint density at radius 2 is 1.58 bits per heavy atom. The molecule has 160 valence electrons. The molecule has 0 saturated carbocycles. The summed E-state index contributed by atoms with van der Waals surface area (Å²) in [6, 6.07) is 14.0. The summed E-state index contributed by atoms with van der Waals surface area (Å²) >= 11 is 6.45. The lowest BCUT2D eigenvalue weighted by Gasteiger charge is -2.03. The van der Waals surface area contributed by atoms with Crippen molar-refractivity contribution in [2.24, 2.45) is 0 Å². The molecule has 2 aromatic heterocycles. The van der Waals surface area contributed by atoms with Gasteiger partial charge in [0.2, 0.25) is 0 Å². The first kappa shape index (κ1) is 22.1. The van der Waals surface area contributed by atoms with E-state index in [1.54, 1.807) is 65.4 Å². The highest BCUT2D eigenvalue weighted by atomic mass is 32.2. The largest absolute Gasteiger partial charge is 0.497 e. The number of ether oxygens (including phenoxy) is 2. The van der Waals surface area contributed by atoms with Crippen LogP contribution in [0.3, 0.4) is 0 Å². The summed E-state index contributed by atoms with van der Waals surface area (Å²) in [5, 5.41) is 11.5. The summed E-state index contributed by atoms with van der Waals surface area (Å²) in [4.78, 5) is 4.59. The van der Waals surface area contributed by atoms with Gasteiger partial charge in [-0.2, -0.15) is 0 Å². The molecule has 0 aliphatic rings. The molecule has 0 bridgehead atoms. The van der Waals surface area contributed by atoms with E-state index in [0.717, 1.165) is 36.6 Å². The third kappa shape index (κ3) is 6.67. The van der Waals surface area contributed by atoms with Crippen LogP contribution in [-0.2, 0) is 18.1 Å². The SMILES string of the molecule is COc1ccc(CSc2nnc(SCc3csc(COc4ccc(F)cc4)n3)s2)cc1. The molecule has 0 spiro atoms. The second-order valence-electron chi connectivity index (χ2n) is 6.23. The minimum atomic E-state index is -0.278. The Balaban J connectivity index is 1.22. The molecule has 5 nitrogen and oxygen atoms in total. The standard InChI is InChI=1S/C21H18FN3O2S4/c1-26-17-6-2-14(3-7-17)11-29-20-24-25-21(31-20)30-13-16-12-28-19(23-16)10-27-18-8-4-15(22)5-9-18/h2-9,12H,10-11,13H2,1H3. The number of methoxy groups -OCH3 is 1. The summed E-state index contributed by atoms with van der Waals surface area (Å²) < 4.78 is 25.6. The molecule has 0 unspecified atom stereocenters. The molecule has 0 saturated heterocycles. The highest BCUT2D eigenvalue weighted by Gasteiger charge is 2.09. The van der Waals surface area contributed by atoms with E-state index in [2.05, 4.69) is 27.3 Å². The average molecular weight is 492 g/mol. The normalized spacial score (nSPS) is 10.9. The van der Waals surface area contributed by atoms with Gasteiger partial charge in [-0.1, -0.05) is 47.0 Å². The number of rotatable bonds is 10. The number of aromatic nitrogens is 3. The van der Waals surface area contributed by atoms with E-state index in [9.17, 15) is 4.39 Å². The van der Waals surface area contributed by atoms with Crippen LogP contribution in [0.5, 0.6) is 11.5 Å². The third-order valence-corrected chi connectivity index (χ3v) is 8.19. The van der Waals surface area contributed by atoms with Crippen molar-refractivity contribution >= 4 is 46.2 Å². The predicted molar refractivity (Wildman–Crippen MR) is 125 cm³/mol. The Hall–Kier alpha value is -2.14. The maximum absolute atomic E-state index is 12.9. The molecule has 0 aliphatic heterocycles. The van der Waals surface area contributed by atoms with Crippen LogP contribution in [0.25, 0.3) is 0 Å². The van der Waals surface area contributed by atoms with E-state index >= 15 is 0 Å². The summed E-state index contributed by atoms with van der Waals surface area (Å²) in [5.74, 6) is 2.77. The average Bonchev–Trinajstić information content (AvgIpc) is 3.45. The molecule has 0 N–H and O–H groups in total. The smallest absolute Gasteiger partial charge is 0.175 e. The maximum Gasteiger partial charge on any atom is 0.175 e. The first-order valence-corrected chi connectivity index (χ1v) is 12.9. The molecule has 0 aliphatic carbocycles.